The number of benzene rings is 1. The SMILES string of the molecule is O=C(NCCCCCl)c1ccc(F)cc1O. The largest absolute Gasteiger partial charge is 0.507 e. The van der Waals surface area contributed by atoms with Crippen molar-refractivity contribution in [2.75, 3.05) is 12.4 Å². The second-order valence-electron chi connectivity index (χ2n) is 3.31. The standard InChI is InChI=1S/C11H13ClFNO2/c12-5-1-2-6-14-11(16)9-4-3-8(13)7-10(9)15/h3-4,7,15H,1-2,5-6H2,(H,14,16). The van der Waals surface area contributed by atoms with Gasteiger partial charge in [-0.1, -0.05) is 0 Å². The maximum Gasteiger partial charge on any atom is 0.255 e. The van der Waals surface area contributed by atoms with E-state index in [9.17, 15) is 14.3 Å². The summed E-state index contributed by atoms with van der Waals surface area (Å²) in [5.74, 6) is -0.782. The van der Waals surface area contributed by atoms with E-state index in [0.717, 1.165) is 25.0 Å². The molecule has 88 valence electrons. The van der Waals surface area contributed by atoms with E-state index in [1.165, 1.54) is 6.07 Å². The highest BCUT2D eigenvalue weighted by Gasteiger charge is 2.10. The second-order valence-corrected chi connectivity index (χ2v) is 3.69. The second kappa shape index (κ2) is 6.33. The molecule has 0 aliphatic rings. The zero-order valence-corrected chi connectivity index (χ0v) is 9.43. The highest BCUT2D eigenvalue weighted by Crippen LogP contribution is 2.17. The zero-order valence-electron chi connectivity index (χ0n) is 8.67. The predicted octanol–water partition coefficient (Wildman–Crippen LogP) is 2.28. The number of amides is 1. The number of rotatable bonds is 5. The fourth-order valence-electron chi connectivity index (χ4n) is 1.21. The van der Waals surface area contributed by atoms with E-state index in [4.69, 9.17) is 11.6 Å². The van der Waals surface area contributed by atoms with Gasteiger partial charge in [-0.15, -0.1) is 11.6 Å². The van der Waals surface area contributed by atoms with Gasteiger partial charge in [-0.25, -0.2) is 4.39 Å². The lowest BCUT2D eigenvalue weighted by molar-refractivity contribution is 0.0950. The number of hydrogen-bond donors (Lipinski definition) is 2. The summed E-state index contributed by atoms with van der Waals surface area (Å²) < 4.78 is 12.7. The first kappa shape index (κ1) is 12.8. The van der Waals surface area contributed by atoms with Crippen LogP contribution in [0.2, 0.25) is 0 Å². The summed E-state index contributed by atoms with van der Waals surface area (Å²) in [6.45, 7) is 0.488. The molecule has 0 aliphatic heterocycles. The predicted molar refractivity (Wildman–Crippen MR) is 60.4 cm³/mol. The summed E-state index contributed by atoms with van der Waals surface area (Å²) in [6, 6.07) is 3.29. The van der Waals surface area contributed by atoms with Crippen molar-refractivity contribution in [3.8, 4) is 5.75 Å². The first-order chi connectivity index (χ1) is 7.65. The van der Waals surface area contributed by atoms with Crippen molar-refractivity contribution < 1.29 is 14.3 Å². The molecule has 0 unspecified atom stereocenters. The number of hydrogen-bond acceptors (Lipinski definition) is 2. The maximum atomic E-state index is 12.7. The van der Waals surface area contributed by atoms with Crippen LogP contribution in [0.5, 0.6) is 5.75 Å². The number of nitrogens with one attached hydrogen (secondary N) is 1. The number of carbonyl (C=O) groups is 1. The van der Waals surface area contributed by atoms with Crippen molar-refractivity contribution in [1.82, 2.24) is 5.32 Å². The Morgan fingerprint density at radius 1 is 1.44 bits per heavy atom. The summed E-state index contributed by atoms with van der Waals surface area (Å²) >= 11 is 5.48. The van der Waals surface area contributed by atoms with Gasteiger partial charge in [-0.2, -0.15) is 0 Å². The van der Waals surface area contributed by atoms with Crippen LogP contribution in [-0.2, 0) is 0 Å². The lowest BCUT2D eigenvalue weighted by atomic mass is 10.2. The molecule has 1 aromatic rings. The fraction of sp³-hybridized carbons (Fsp3) is 0.364. The Bertz CT molecular complexity index is 371. The minimum Gasteiger partial charge on any atom is -0.507 e. The van der Waals surface area contributed by atoms with Crippen LogP contribution >= 0.6 is 11.6 Å². The maximum absolute atomic E-state index is 12.7. The van der Waals surface area contributed by atoms with Crippen LogP contribution in [-0.4, -0.2) is 23.4 Å². The van der Waals surface area contributed by atoms with E-state index in [1.807, 2.05) is 0 Å². The van der Waals surface area contributed by atoms with Gasteiger partial charge in [0.1, 0.15) is 11.6 Å². The Balaban J connectivity index is 2.53. The van der Waals surface area contributed by atoms with Crippen LogP contribution in [0.4, 0.5) is 4.39 Å². The van der Waals surface area contributed by atoms with Gasteiger partial charge in [-0.05, 0) is 25.0 Å². The molecule has 0 spiro atoms. The molecule has 0 aliphatic carbocycles. The molecule has 0 fully saturated rings. The monoisotopic (exact) mass is 245 g/mol. The first-order valence-electron chi connectivity index (χ1n) is 4.98. The molecule has 1 aromatic carbocycles. The van der Waals surface area contributed by atoms with Gasteiger partial charge in [-0.3, -0.25) is 4.79 Å². The fourth-order valence-corrected chi connectivity index (χ4v) is 1.40. The van der Waals surface area contributed by atoms with Gasteiger partial charge < -0.3 is 10.4 Å². The average Bonchev–Trinajstić information content (AvgIpc) is 2.24. The lowest BCUT2D eigenvalue weighted by Gasteiger charge is -2.06. The Hall–Kier alpha value is -1.29. The molecule has 3 nitrogen and oxygen atoms in total. The zero-order chi connectivity index (χ0) is 12.0. The Morgan fingerprint density at radius 2 is 2.19 bits per heavy atom. The van der Waals surface area contributed by atoms with Crippen LogP contribution in [0, 0.1) is 5.82 Å². The minimum absolute atomic E-state index is 0.0762. The van der Waals surface area contributed by atoms with Crippen LogP contribution in [0.15, 0.2) is 18.2 Å². The van der Waals surface area contributed by atoms with Gasteiger partial charge in [0.2, 0.25) is 0 Å². The van der Waals surface area contributed by atoms with Crippen LogP contribution < -0.4 is 5.32 Å². The normalized spacial score (nSPS) is 10.1. The van der Waals surface area contributed by atoms with Gasteiger partial charge in [0, 0.05) is 18.5 Å². The number of aromatic hydroxyl groups is 1. The minimum atomic E-state index is -0.573. The van der Waals surface area contributed by atoms with Crippen LogP contribution in [0.1, 0.15) is 23.2 Å². The van der Waals surface area contributed by atoms with Gasteiger partial charge in [0.05, 0.1) is 5.56 Å². The van der Waals surface area contributed by atoms with Crippen molar-refractivity contribution in [1.29, 1.82) is 0 Å². The first-order valence-corrected chi connectivity index (χ1v) is 5.51. The Labute approximate surface area is 98.2 Å². The van der Waals surface area contributed by atoms with Gasteiger partial charge >= 0.3 is 0 Å². The quantitative estimate of drug-likeness (QED) is 0.618. The Morgan fingerprint density at radius 3 is 2.81 bits per heavy atom. The number of alkyl halides is 1. The summed E-state index contributed by atoms with van der Waals surface area (Å²) in [5, 5.41) is 12.0. The number of halogens is 2. The van der Waals surface area contributed by atoms with Crippen molar-refractivity contribution in [2.45, 2.75) is 12.8 Å². The Kier molecular flexibility index (Phi) is 5.05. The molecule has 0 heterocycles. The summed E-state index contributed by atoms with van der Waals surface area (Å²) in [6.07, 6.45) is 1.59. The molecule has 16 heavy (non-hydrogen) atoms. The molecule has 0 atom stereocenters. The summed E-state index contributed by atoms with van der Waals surface area (Å²) in [7, 11) is 0. The van der Waals surface area contributed by atoms with Crippen molar-refractivity contribution in [3.63, 3.8) is 0 Å². The summed E-state index contributed by atoms with van der Waals surface area (Å²) in [4.78, 5) is 11.5. The molecule has 0 bridgehead atoms. The molecule has 0 aromatic heterocycles. The van der Waals surface area contributed by atoms with Crippen molar-refractivity contribution in [3.05, 3.63) is 29.6 Å². The topological polar surface area (TPSA) is 49.3 Å². The summed E-state index contributed by atoms with van der Waals surface area (Å²) in [5.41, 5.74) is 0.0762. The van der Waals surface area contributed by atoms with Gasteiger partial charge in [0.15, 0.2) is 0 Å². The third kappa shape index (κ3) is 3.70. The molecule has 5 heteroatoms. The third-order valence-corrected chi connectivity index (χ3v) is 2.32. The van der Waals surface area contributed by atoms with Crippen LogP contribution in [0.25, 0.3) is 0 Å². The molecule has 2 N–H and O–H groups in total. The van der Waals surface area contributed by atoms with Crippen LogP contribution in [0.3, 0.4) is 0 Å². The molecule has 1 amide bonds. The van der Waals surface area contributed by atoms with E-state index in [2.05, 4.69) is 5.32 Å². The van der Waals surface area contributed by atoms with Gasteiger partial charge in [0.25, 0.3) is 5.91 Å². The van der Waals surface area contributed by atoms with E-state index < -0.39 is 11.7 Å². The molecule has 0 radical (unpaired) electrons. The third-order valence-electron chi connectivity index (χ3n) is 2.05. The number of phenolic OH excluding ortho intramolecular Hbond substituents is 1. The molecule has 1 rings (SSSR count). The highest BCUT2D eigenvalue weighted by molar-refractivity contribution is 6.17. The van der Waals surface area contributed by atoms with E-state index in [1.54, 1.807) is 0 Å². The average molecular weight is 246 g/mol. The van der Waals surface area contributed by atoms with E-state index in [-0.39, 0.29) is 11.3 Å². The van der Waals surface area contributed by atoms with Crippen molar-refractivity contribution >= 4 is 17.5 Å². The number of carbonyl (C=O) groups excluding carboxylic acids is 1. The molecular formula is C11H13ClFNO2. The van der Waals surface area contributed by atoms with Crippen molar-refractivity contribution in [2.24, 2.45) is 0 Å². The van der Waals surface area contributed by atoms with E-state index in [0.29, 0.717) is 12.4 Å². The number of unbranched alkanes of at least 4 members (excludes halogenated alkanes) is 1. The smallest absolute Gasteiger partial charge is 0.255 e. The highest BCUT2D eigenvalue weighted by atomic mass is 35.5. The molecule has 0 saturated heterocycles. The van der Waals surface area contributed by atoms with E-state index >= 15 is 0 Å². The lowest BCUT2D eigenvalue weighted by Crippen LogP contribution is -2.24. The molecule has 0 saturated carbocycles. The number of phenols is 1. The molecular weight excluding hydrogens is 233 g/mol.